The van der Waals surface area contributed by atoms with Crippen molar-refractivity contribution >= 4 is 44.8 Å². The fourth-order valence-electron chi connectivity index (χ4n) is 4.53. The first-order chi connectivity index (χ1) is 16.0. The van der Waals surface area contributed by atoms with Gasteiger partial charge in [-0.1, -0.05) is 29.3 Å². The minimum atomic E-state index is -3.39. The van der Waals surface area contributed by atoms with Crippen LogP contribution < -0.4 is 10.8 Å². The first kappa shape index (κ1) is 26.8. The molecule has 8 nitrogen and oxygen atoms in total. The molecule has 0 spiro atoms. The minimum Gasteiger partial charge on any atom is -0.316 e. The molecule has 0 aliphatic heterocycles. The number of benzene rings is 1. The summed E-state index contributed by atoms with van der Waals surface area (Å²) in [7, 11) is -3.39. The molecule has 1 atom stereocenters. The molecule has 1 aromatic carbocycles. The Bertz CT molecular complexity index is 1100. The van der Waals surface area contributed by atoms with Crippen molar-refractivity contribution in [2.24, 2.45) is 11.8 Å². The zero-order valence-electron chi connectivity index (χ0n) is 19.2. The van der Waals surface area contributed by atoms with Crippen LogP contribution in [0.25, 0.3) is 0 Å². The molecular formula is C23H30Cl2N4O4S. The number of rotatable bonds is 9. The number of aryl methyl sites for hydroxylation is 1. The van der Waals surface area contributed by atoms with Gasteiger partial charge in [0.25, 0.3) is 0 Å². The van der Waals surface area contributed by atoms with Gasteiger partial charge in [0.1, 0.15) is 5.15 Å². The van der Waals surface area contributed by atoms with Crippen LogP contribution in [0.15, 0.2) is 35.5 Å². The van der Waals surface area contributed by atoms with E-state index >= 15 is 0 Å². The molecule has 11 heteroatoms. The van der Waals surface area contributed by atoms with Crippen LogP contribution in [-0.2, 0) is 21.1 Å². The summed E-state index contributed by atoms with van der Waals surface area (Å²) in [5.74, 6) is 0.601. The molecule has 0 bridgehead atoms. The van der Waals surface area contributed by atoms with Crippen molar-refractivity contribution in [1.29, 1.82) is 0 Å². The predicted octanol–water partition coefficient (Wildman–Crippen LogP) is 4.69. The maximum atomic E-state index is 12.8. The number of aromatic nitrogens is 2. The molecule has 0 saturated heterocycles. The van der Waals surface area contributed by atoms with Crippen molar-refractivity contribution in [3.8, 4) is 0 Å². The number of anilines is 1. The molecule has 3 N–H and O–H groups in total. The highest BCUT2D eigenvalue weighted by Gasteiger charge is 2.34. The number of carbonyl (C=O) groups excluding carboxylic acids is 1. The Morgan fingerprint density at radius 2 is 1.94 bits per heavy atom. The summed E-state index contributed by atoms with van der Waals surface area (Å²) in [6.07, 6.45) is 9.03. The molecule has 1 aliphatic rings. The predicted molar refractivity (Wildman–Crippen MR) is 132 cm³/mol. The lowest BCUT2D eigenvalue weighted by Crippen LogP contribution is -2.44. The topological polar surface area (TPSA) is 121 Å². The van der Waals surface area contributed by atoms with E-state index in [9.17, 15) is 18.4 Å². The molecule has 34 heavy (non-hydrogen) atoms. The second-order valence-electron chi connectivity index (χ2n) is 9.32. The standard InChI is InChI=1S/C23H30Cl2N4O4S/c1-23(29-31)9-7-16(8-10-23)17(12-22(30)28-21-14-26-20(25)13-27-21)5-3-15-4-6-19(18(24)11-15)34(2,32)33/h4,6,11,13-14,16-17,29,31H,3,5,7-10,12H2,1-2H3,(H,27,28,30). The van der Waals surface area contributed by atoms with E-state index in [1.54, 1.807) is 12.1 Å². The summed E-state index contributed by atoms with van der Waals surface area (Å²) in [5.41, 5.74) is 3.04. The van der Waals surface area contributed by atoms with Crippen LogP contribution in [0.5, 0.6) is 0 Å². The van der Waals surface area contributed by atoms with Crippen molar-refractivity contribution in [1.82, 2.24) is 15.4 Å². The Labute approximate surface area is 210 Å². The fourth-order valence-corrected chi connectivity index (χ4v) is 5.98. The van der Waals surface area contributed by atoms with Gasteiger partial charge in [0.15, 0.2) is 15.7 Å². The fraction of sp³-hybridized carbons (Fsp3) is 0.522. The van der Waals surface area contributed by atoms with E-state index in [2.05, 4.69) is 20.8 Å². The summed E-state index contributed by atoms with van der Waals surface area (Å²) < 4.78 is 23.7. The summed E-state index contributed by atoms with van der Waals surface area (Å²) in [6, 6.07) is 5.00. The van der Waals surface area contributed by atoms with Crippen molar-refractivity contribution in [2.75, 3.05) is 11.6 Å². The van der Waals surface area contributed by atoms with Gasteiger partial charge in [0, 0.05) is 18.2 Å². The molecule has 1 unspecified atom stereocenters. The largest absolute Gasteiger partial charge is 0.316 e. The van der Waals surface area contributed by atoms with E-state index in [0.717, 1.165) is 43.9 Å². The van der Waals surface area contributed by atoms with Crippen molar-refractivity contribution in [3.63, 3.8) is 0 Å². The normalized spacial score (nSPS) is 21.7. The van der Waals surface area contributed by atoms with Crippen LogP contribution >= 0.6 is 23.2 Å². The number of sulfone groups is 1. The van der Waals surface area contributed by atoms with Gasteiger partial charge in [0.05, 0.1) is 22.3 Å². The molecule has 1 aliphatic carbocycles. The van der Waals surface area contributed by atoms with Gasteiger partial charge >= 0.3 is 0 Å². The van der Waals surface area contributed by atoms with Gasteiger partial charge in [-0.25, -0.2) is 18.4 Å². The van der Waals surface area contributed by atoms with Crippen LogP contribution in [0.2, 0.25) is 10.2 Å². The van der Waals surface area contributed by atoms with Gasteiger partial charge in [-0.05, 0) is 75.0 Å². The third-order valence-electron chi connectivity index (χ3n) is 6.61. The third-order valence-corrected chi connectivity index (χ3v) is 8.38. The SMILES string of the molecule is CC1(NO)CCC(C(CCc2ccc(S(C)(=O)=O)c(Cl)c2)CC(=O)Nc2cnc(Cl)cn2)CC1. The average molecular weight is 529 g/mol. The number of halogens is 2. The summed E-state index contributed by atoms with van der Waals surface area (Å²) >= 11 is 12.0. The van der Waals surface area contributed by atoms with Gasteiger partial charge in [-0.2, -0.15) is 5.48 Å². The van der Waals surface area contributed by atoms with E-state index in [0.29, 0.717) is 24.6 Å². The van der Waals surface area contributed by atoms with Gasteiger partial charge < -0.3 is 10.5 Å². The molecule has 2 aromatic rings. The van der Waals surface area contributed by atoms with Crippen LogP contribution in [0.1, 0.15) is 51.0 Å². The molecule has 3 rings (SSSR count). The van der Waals surface area contributed by atoms with E-state index < -0.39 is 9.84 Å². The van der Waals surface area contributed by atoms with E-state index in [4.69, 9.17) is 23.2 Å². The number of hydrogen-bond acceptors (Lipinski definition) is 7. The number of amides is 1. The smallest absolute Gasteiger partial charge is 0.225 e. The quantitative estimate of drug-likeness (QED) is 0.403. The number of nitrogens with one attached hydrogen (secondary N) is 2. The number of hydrogen-bond donors (Lipinski definition) is 3. The van der Waals surface area contributed by atoms with E-state index in [1.165, 1.54) is 18.5 Å². The second kappa shape index (κ2) is 11.3. The molecular weight excluding hydrogens is 499 g/mol. The Morgan fingerprint density at radius 1 is 1.24 bits per heavy atom. The Hall–Kier alpha value is -1.78. The molecule has 1 heterocycles. The Kier molecular flexibility index (Phi) is 8.92. The second-order valence-corrected chi connectivity index (χ2v) is 12.1. The van der Waals surface area contributed by atoms with E-state index in [1.807, 2.05) is 6.92 Å². The Balaban J connectivity index is 1.70. The highest BCUT2D eigenvalue weighted by molar-refractivity contribution is 7.90. The maximum absolute atomic E-state index is 12.8. The molecule has 1 aromatic heterocycles. The lowest BCUT2D eigenvalue weighted by Gasteiger charge is -2.39. The van der Waals surface area contributed by atoms with Crippen LogP contribution in [-0.4, -0.2) is 41.3 Å². The summed E-state index contributed by atoms with van der Waals surface area (Å²) in [6.45, 7) is 2.00. The van der Waals surface area contributed by atoms with E-state index in [-0.39, 0.29) is 32.4 Å². The first-order valence-corrected chi connectivity index (χ1v) is 13.8. The van der Waals surface area contributed by atoms with Crippen LogP contribution in [0, 0.1) is 11.8 Å². The highest BCUT2D eigenvalue weighted by atomic mass is 35.5. The zero-order chi connectivity index (χ0) is 24.9. The summed E-state index contributed by atoms with van der Waals surface area (Å²) in [5, 5.41) is 12.7. The van der Waals surface area contributed by atoms with Crippen LogP contribution in [0.3, 0.4) is 0 Å². The first-order valence-electron chi connectivity index (χ1n) is 11.2. The summed E-state index contributed by atoms with van der Waals surface area (Å²) in [4.78, 5) is 20.9. The Morgan fingerprint density at radius 3 is 2.50 bits per heavy atom. The van der Waals surface area contributed by atoms with Gasteiger partial charge in [0.2, 0.25) is 5.91 Å². The number of nitrogens with zero attached hydrogens (tertiary/aromatic N) is 2. The lowest BCUT2D eigenvalue weighted by molar-refractivity contribution is -0.117. The van der Waals surface area contributed by atoms with Crippen molar-refractivity contribution in [3.05, 3.63) is 46.3 Å². The number of hydroxylamine groups is 1. The highest BCUT2D eigenvalue weighted by Crippen LogP contribution is 2.39. The van der Waals surface area contributed by atoms with Crippen LogP contribution in [0.4, 0.5) is 5.82 Å². The molecule has 0 radical (unpaired) electrons. The molecule has 1 saturated carbocycles. The molecule has 1 fully saturated rings. The minimum absolute atomic E-state index is 0.0943. The zero-order valence-corrected chi connectivity index (χ0v) is 21.6. The maximum Gasteiger partial charge on any atom is 0.225 e. The van der Waals surface area contributed by atoms with Crippen molar-refractivity contribution in [2.45, 2.75) is 62.3 Å². The van der Waals surface area contributed by atoms with Crippen molar-refractivity contribution < 1.29 is 18.4 Å². The molecule has 1 amide bonds. The van der Waals surface area contributed by atoms with Gasteiger partial charge in [-0.3, -0.25) is 4.79 Å². The average Bonchev–Trinajstić information content (AvgIpc) is 2.78. The van der Waals surface area contributed by atoms with Gasteiger partial charge in [-0.15, -0.1) is 0 Å². The third kappa shape index (κ3) is 7.36. The molecule has 186 valence electrons. The number of carbonyl (C=O) groups is 1. The lowest BCUT2D eigenvalue weighted by atomic mass is 9.71. The monoisotopic (exact) mass is 528 g/mol.